The Balaban J connectivity index is 2.83. The van der Waals surface area contributed by atoms with Gasteiger partial charge in [-0.15, -0.1) is 0 Å². The molecule has 3 nitrogen and oxygen atoms in total. The maximum atomic E-state index is 5.98. The quantitative estimate of drug-likeness (QED) is 0.794. The van der Waals surface area contributed by atoms with Gasteiger partial charge in [0.05, 0.1) is 0 Å². The second-order valence-electron chi connectivity index (χ2n) is 3.65. The molecule has 0 bridgehead atoms. The standard InChI is InChI=1S/C11H19N3/c1-4-9-6-11(14-7-13-9)8(3)10(12)5-2/h6-8,10H,4-5,12H2,1-3H3. The van der Waals surface area contributed by atoms with E-state index >= 15 is 0 Å². The van der Waals surface area contributed by atoms with Crippen LogP contribution in [0.1, 0.15) is 44.5 Å². The summed E-state index contributed by atoms with van der Waals surface area (Å²) in [5, 5.41) is 0. The molecule has 0 fully saturated rings. The SMILES string of the molecule is CCc1cc(C(C)C(N)CC)ncn1. The largest absolute Gasteiger partial charge is 0.327 e. The molecule has 0 aliphatic heterocycles. The van der Waals surface area contributed by atoms with Crippen LogP contribution in [0.5, 0.6) is 0 Å². The molecule has 0 saturated heterocycles. The second kappa shape index (κ2) is 5.05. The van der Waals surface area contributed by atoms with Crippen LogP contribution < -0.4 is 5.73 Å². The molecule has 0 spiro atoms. The van der Waals surface area contributed by atoms with E-state index in [4.69, 9.17) is 5.73 Å². The summed E-state index contributed by atoms with van der Waals surface area (Å²) in [7, 11) is 0. The van der Waals surface area contributed by atoms with Crippen molar-refractivity contribution in [3.05, 3.63) is 23.8 Å². The van der Waals surface area contributed by atoms with Gasteiger partial charge in [0.25, 0.3) is 0 Å². The van der Waals surface area contributed by atoms with Crippen molar-refractivity contribution >= 4 is 0 Å². The van der Waals surface area contributed by atoms with Crippen molar-refractivity contribution in [2.45, 2.75) is 45.6 Å². The Labute approximate surface area is 85.8 Å². The summed E-state index contributed by atoms with van der Waals surface area (Å²) in [6.07, 6.45) is 3.56. The highest BCUT2D eigenvalue weighted by atomic mass is 14.8. The highest BCUT2D eigenvalue weighted by molar-refractivity contribution is 5.13. The molecule has 0 aromatic carbocycles. The summed E-state index contributed by atoms with van der Waals surface area (Å²) in [5.41, 5.74) is 8.13. The van der Waals surface area contributed by atoms with E-state index in [0.29, 0.717) is 5.92 Å². The van der Waals surface area contributed by atoms with Gasteiger partial charge in [0.2, 0.25) is 0 Å². The van der Waals surface area contributed by atoms with Crippen LogP contribution in [-0.2, 0) is 6.42 Å². The number of aromatic nitrogens is 2. The number of hydrogen-bond donors (Lipinski definition) is 1. The van der Waals surface area contributed by atoms with Crippen molar-refractivity contribution in [2.24, 2.45) is 5.73 Å². The second-order valence-corrected chi connectivity index (χ2v) is 3.65. The summed E-state index contributed by atoms with van der Waals surface area (Å²) in [4.78, 5) is 8.44. The molecule has 78 valence electrons. The first kappa shape index (κ1) is 11.1. The maximum absolute atomic E-state index is 5.98. The van der Waals surface area contributed by atoms with Crippen LogP contribution in [0.4, 0.5) is 0 Å². The maximum Gasteiger partial charge on any atom is 0.115 e. The molecule has 14 heavy (non-hydrogen) atoms. The summed E-state index contributed by atoms with van der Waals surface area (Å²) in [6, 6.07) is 2.25. The van der Waals surface area contributed by atoms with E-state index in [9.17, 15) is 0 Å². The molecule has 2 N–H and O–H groups in total. The normalized spacial score (nSPS) is 15.1. The van der Waals surface area contributed by atoms with Crippen LogP contribution in [0, 0.1) is 0 Å². The molecule has 2 unspecified atom stereocenters. The van der Waals surface area contributed by atoms with E-state index in [1.807, 2.05) is 0 Å². The highest BCUT2D eigenvalue weighted by Gasteiger charge is 2.14. The van der Waals surface area contributed by atoms with E-state index in [-0.39, 0.29) is 6.04 Å². The zero-order valence-electron chi connectivity index (χ0n) is 9.20. The number of nitrogens with zero attached hydrogens (tertiary/aromatic N) is 2. The monoisotopic (exact) mass is 193 g/mol. The topological polar surface area (TPSA) is 51.8 Å². The van der Waals surface area contributed by atoms with Crippen LogP contribution in [0.15, 0.2) is 12.4 Å². The molecule has 1 rings (SSSR count). The van der Waals surface area contributed by atoms with Crippen LogP contribution >= 0.6 is 0 Å². The minimum atomic E-state index is 0.189. The summed E-state index contributed by atoms with van der Waals surface area (Å²) in [5.74, 6) is 0.313. The van der Waals surface area contributed by atoms with Gasteiger partial charge >= 0.3 is 0 Å². The minimum Gasteiger partial charge on any atom is -0.327 e. The van der Waals surface area contributed by atoms with Crippen molar-refractivity contribution in [3.8, 4) is 0 Å². The average Bonchev–Trinajstić information content (AvgIpc) is 2.27. The first-order valence-corrected chi connectivity index (χ1v) is 5.25. The lowest BCUT2D eigenvalue weighted by Gasteiger charge is -2.17. The lowest BCUT2D eigenvalue weighted by molar-refractivity contribution is 0.539. The van der Waals surface area contributed by atoms with E-state index < -0.39 is 0 Å². The molecular weight excluding hydrogens is 174 g/mol. The third-order valence-electron chi connectivity index (χ3n) is 2.69. The molecular formula is C11H19N3. The van der Waals surface area contributed by atoms with Gasteiger partial charge in [0.15, 0.2) is 0 Å². The minimum absolute atomic E-state index is 0.189. The van der Waals surface area contributed by atoms with Gasteiger partial charge in [-0.25, -0.2) is 9.97 Å². The van der Waals surface area contributed by atoms with Gasteiger partial charge in [-0.3, -0.25) is 0 Å². The summed E-state index contributed by atoms with van der Waals surface area (Å²) < 4.78 is 0. The summed E-state index contributed by atoms with van der Waals surface area (Å²) >= 11 is 0. The molecule has 1 aromatic rings. The van der Waals surface area contributed by atoms with Crippen molar-refractivity contribution in [3.63, 3.8) is 0 Å². The van der Waals surface area contributed by atoms with Crippen LogP contribution in [0.25, 0.3) is 0 Å². The fourth-order valence-corrected chi connectivity index (χ4v) is 1.43. The Morgan fingerprint density at radius 3 is 2.64 bits per heavy atom. The van der Waals surface area contributed by atoms with Gasteiger partial charge in [-0.05, 0) is 18.9 Å². The van der Waals surface area contributed by atoms with Crippen molar-refractivity contribution in [1.29, 1.82) is 0 Å². The molecule has 1 aromatic heterocycles. The molecule has 2 atom stereocenters. The van der Waals surface area contributed by atoms with Crippen LogP contribution in [-0.4, -0.2) is 16.0 Å². The number of hydrogen-bond acceptors (Lipinski definition) is 3. The first-order valence-electron chi connectivity index (χ1n) is 5.25. The average molecular weight is 193 g/mol. The molecule has 1 heterocycles. The fraction of sp³-hybridized carbons (Fsp3) is 0.636. The van der Waals surface area contributed by atoms with Crippen molar-refractivity contribution in [1.82, 2.24) is 9.97 Å². The van der Waals surface area contributed by atoms with E-state index in [2.05, 4.69) is 36.8 Å². The van der Waals surface area contributed by atoms with Gasteiger partial charge in [0, 0.05) is 23.3 Å². The molecule has 0 aliphatic rings. The van der Waals surface area contributed by atoms with Crippen LogP contribution in [0.2, 0.25) is 0 Å². The molecule has 0 radical (unpaired) electrons. The molecule has 0 aliphatic carbocycles. The summed E-state index contributed by atoms with van der Waals surface area (Å²) in [6.45, 7) is 6.32. The number of aryl methyl sites for hydroxylation is 1. The lowest BCUT2D eigenvalue weighted by atomic mass is 9.96. The molecule has 3 heteroatoms. The van der Waals surface area contributed by atoms with Crippen molar-refractivity contribution in [2.75, 3.05) is 0 Å². The number of rotatable bonds is 4. The Morgan fingerprint density at radius 2 is 2.07 bits per heavy atom. The van der Waals surface area contributed by atoms with E-state index in [0.717, 1.165) is 24.2 Å². The van der Waals surface area contributed by atoms with Gasteiger partial charge in [-0.1, -0.05) is 20.8 Å². The van der Waals surface area contributed by atoms with Crippen LogP contribution in [0.3, 0.4) is 0 Å². The number of nitrogens with two attached hydrogens (primary N) is 1. The van der Waals surface area contributed by atoms with Gasteiger partial charge < -0.3 is 5.73 Å². The first-order chi connectivity index (χ1) is 6.69. The predicted molar refractivity (Wildman–Crippen MR) is 58.1 cm³/mol. The Hall–Kier alpha value is -0.960. The Morgan fingerprint density at radius 1 is 1.36 bits per heavy atom. The molecule has 0 saturated carbocycles. The fourth-order valence-electron chi connectivity index (χ4n) is 1.43. The smallest absolute Gasteiger partial charge is 0.115 e. The van der Waals surface area contributed by atoms with Crippen molar-refractivity contribution < 1.29 is 0 Å². The van der Waals surface area contributed by atoms with Gasteiger partial charge in [-0.2, -0.15) is 0 Å². The third-order valence-corrected chi connectivity index (χ3v) is 2.69. The molecule has 0 amide bonds. The zero-order valence-corrected chi connectivity index (χ0v) is 9.20. The zero-order chi connectivity index (χ0) is 10.6. The highest BCUT2D eigenvalue weighted by Crippen LogP contribution is 2.17. The predicted octanol–water partition coefficient (Wildman–Crippen LogP) is 1.88. The Bertz CT molecular complexity index is 286. The Kier molecular flexibility index (Phi) is 4.01. The van der Waals surface area contributed by atoms with E-state index in [1.54, 1.807) is 6.33 Å². The lowest BCUT2D eigenvalue weighted by Crippen LogP contribution is -2.26. The van der Waals surface area contributed by atoms with E-state index in [1.165, 1.54) is 0 Å². The van der Waals surface area contributed by atoms with Gasteiger partial charge in [0.1, 0.15) is 6.33 Å². The third kappa shape index (κ3) is 2.51.